The van der Waals surface area contributed by atoms with Gasteiger partial charge in [-0.15, -0.1) is 0 Å². The molecule has 1 heterocycles. The van der Waals surface area contributed by atoms with E-state index in [2.05, 4.69) is 4.98 Å². The van der Waals surface area contributed by atoms with E-state index in [1.807, 2.05) is 0 Å². The summed E-state index contributed by atoms with van der Waals surface area (Å²) >= 11 is 0. The summed E-state index contributed by atoms with van der Waals surface area (Å²) in [6, 6.07) is 0. The van der Waals surface area contributed by atoms with Gasteiger partial charge in [-0.3, -0.25) is 9.78 Å². The molecule has 0 aromatic carbocycles. The molecule has 0 aliphatic carbocycles. The summed E-state index contributed by atoms with van der Waals surface area (Å²) in [7, 11) is 0. The summed E-state index contributed by atoms with van der Waals surface area (Å²) in [5.74, 6) is -2.58. The van der Waals surface area contributed by atoms with Crippen LogP contribution in [0.5, 0.6) is 0 Å². The Balaban J connectivity index is 3.28. The van der Waals surface area contributed by atoms with Gasteiger partial charge < -0.3 is 10.8 Å². The van der Waals surface area contributed by atoms with E-state index in [1.54, 1.807) is 0 Å². The molecule has 1 aromatic heterocycles. The second-order valence-corrected chi connectivity index (χ2v) is 2.76. The number of rotatable bonds is 3. The molecule has 4 nitrogen and oxygen atoms in total. The quantitative estimate of drug-likeness (QED) is 0.806. The van der Waals surface area contributed by atoms with E-state index in [9.17, 15) is 18.0 Å². The largest absolute Gasteiger partial charge is 0.481 e. The fourth-order valence-electron chi connectivity index (χ4n) is 1.07. The van der Waals surface area contributed by atoms with E-state index in [0.717, 1.165) is 6.20 Å². The van der Waals surface area contributed by atoms with E-state index in [1.165, 1.54) is 0 Å². The molecule has 3 N–H and O–H groups in total. The molecule has 82 valence electrons. The minimum atomic E-state index is -3.03. The lowest BCUT2D eigenvalue weighted by Gasteiger charge is -2.08. The molecule has 0 unspecified atom stereocenters. The molecule has 1 aromatic rings. The van der Waals surface area contributed by atoms with Crippen molar-refractivity contribution in [2.45, 2.75) is 12.8 Å². The Hall–Kier alpha value is -1.79. The Kier molecular flexibility index (Phi) is 3.13. The molecule has 0 saturated carbocycles. The first-order valence-corrected chi connectivity index (χ1v) is 3.86. The molecule has 0 saturated heterocycles. The predicted molar refractivity (Wildman–Crippen MR) is 44.9 cm³/mol. The van der Waals surface area contributed by atoms with Crippen LogP contribution in [0.2, 0.25) is 0 Å². The molecule has 0 fully saturated rings. The van der Waals surface area contributed by atoms with Crippen LogP contribution < -0.4 is 5.73 Å². The number of alkyl halides is 2. The van der Waals surface area contributed by atoms with Crippen molar-refractivity contribution in [3.63, 3.8) is 0 Å². The van der Waals surface area contributed by atoms with E-state index >= 15 is 0 Å². The number of pyridine rings is 1. The lowest BCUT2D eigenvalue weighted by Crippen LogP contribution is -2.10. The number of nitrogen functional groups attached to an aromatic ring is 1. The molecule has 0 aliphatic rings. The molecular weight excluding hydrogens is 213 g/mol. The van der Waals surface area contributed by atoms with Gasteiger partial charge in [-0.25, -0.2) is 13.2 Å². The maximum atomic E-state index is 13.2. The molecule has 0 atom stereocenters. The summed E-state index contributed by atoms with van der Waals surface area (Å²) in [5.41, 5.74) is 3.09. The number of carboxylic acids is 1. The van der Waals surface area contributed by atoms with Crippen LogP contribution in [0.25, 0.3) is 0 Å². The van der Waals surface area contributed by atoms with Crippen molar-refractivity contribution in [1.82, 2.24) is 4.98 Å². The predicted octanol–water partition coefficient (Wildman–Crippen LogP) is 1.37. The van der Waals surface area contributed by atoms with Gasteiger partial charge in [0, 0.05) is 5.56 Å². The Morgan fingerprint density at radius 1 is 1.60 bits per heavy atom. The van der Waals surface area contributed by atoms with Crippen molar-refractivity contribution in [2.75, 3.05) is 5.73 Å². The van der Waals surface area contributed by atoms with E-state index < -0.39 is 41.6 Å². The minimum Gasteiger partial charge on any atom is -0.481 e. The van der Waals surface area contributed by atoms with Gasteiger partial charge in [-0.2, -0.15) is 0 Å². The SMILES string of the molecule is Nc1cnc(C(F)F)c(CC(=O)O)c1F. The van der Waals surface area contributed by atoms with Gasteiger partial charge in [0.05, 0.1) is 18.3 Å². The van der Waals surface area contributed by atoms with Crippen molar-refractivity contribution in [2.24, 2.45) is 0 Å². The third kappa shape index (κ3) is 2.36. The average Bonchev–Trinajstić information content (AvgIpc) is 2.12. The summed E-state index contributed by atoms with van der Waals surface area (Å²) in [6.07, 6.45) is -3.17. The number of halogens is 3. The molecule has 15 heavy (non-hydrogen) atoms. The monoisotopic (exact) mass is 220 g/mol. The summed E-state index contributed by atoms with van der Waals surface area (Å²) in [4.78, 5) is 13.5. The van der Waals surface area contributed by atoms with Gasteiger partial charge in [0.2, 0.25) is 0 Å². The zero-order chi connectivity index (χ0) is 11.6. The highest BCUT2D eigenvalue weighted by Gasteiger charge is 2.21. The van der Waals surface area contributed by atoms with Crippen molar-refractivity contribution in [3.8, 4) is 0 Å². The van der Waals surface area contributed by atoms with Crippen LogP contribution in [-0.2, 0) is 11.2 Å². The highest BCUT2D eigenvalue weighted by molar-refractivity contribution is 5.71. The number of hydrogen-bond acceptors (Lipinski definition) is 3. The fraction of sp³-hybridized carbons (Fsp3) is 0.250. The third-order valence-corrected chi connectivity index (χ3v) is 1.71. The zero-order valence-corrected chi connectivity index (χ0v) is 7.38. The smallest absolute Gasteiger partial charge is 0.308 e. The van der Waals surface area contributed by atoms with Crippen LogP contribution in [0.4, 0.5) is 18.9 Å². The minimum absolute atomic E-state index is 0.448. The number of hydrogen-bond donors (Lipinski definition) is 2. The Morgan fingerprint density at radius 3 is 2.67 bits per heavy atom. The van der Waals surface area contributed by atoms with Gasteiger partial charge in [0.1, 0.15) is 5.69 Å². The third-order valence-electron chi connectivity index (χ3n) is 1.71. The number of aromatic nitrogens is 1. The molecule has 1 rings (SSSR count). The van der Waals surface area contributed by atoms with Crippen molar-refractivity contribution in [1.29, 1.82) is 0 Å². The number of carbonyl (C=O) groups is 1. The number of anilines is 1. The van der Waals surface area contributed by atoms with Crippen molar-refractivity contribution < 1.29 is 23.1 Å². The Morgan fingerprint density at radius 2 is 2.20 bits per heavy atom. The van der Waals surface area contributed by atoms with Gasteiger partial charge >= 0.3 is 5.97 Å². The van der Waals surface area contributed by atoms with Crippen molar-refractivity contribution in [3.05, 3.63) is 23.3 Å². The zero-order valence-electron chi connectivity index (χ0n) is 7.38. The second kappa shape index (κ2) is 4.16. The molecule has 0 bridgehead atoms. The lowest BCUT2D eigenvalue weighted by molar-refractivity contribution is -0.136. The molecule has 0 aliphatic heterocycles. The Bertz CT molecular complexity index is 396. The standard InChI is InChI=1S/C8H7F3N2O2/c9-6-3(1-5(14)15)7(8(10)11)13-2-4(6)12/h2,8H,1,12H2,(H,14,15). The van der Waals surface area contributed by atoms with Crippen LogP contribution in [0.3, 0.4) is 0 Å². The first-order chi connectivity index (χ1) is 6.93. The molecule has 0 radical (unpaired) electrons. The summed E-state index contributed by atoms with van der Waals surface area (Å²) < 4.78 is 37.9. The summed E-state index contributed by atoms with van der Waals surface area (Å²) in [5, 5.41) is 8.41. The van der Waals surface area contributed by atoms with Gasteiger partial charge in [-0.05, 0) is 0 Å². The molecular formula is C8H7F3N2O2. The fourth-order valence-corrected chi connectivity index (χ4v) is 1.07. The normalized spacial score (nSPS) is 10.7. The maximum absolute atomic E-state index is 13.2. The van der Waals surface area contributed by atoms with Crippen LogP contribution in [0.1, 0.15) is 17.7 Å². The first kappa shape index (κ1) is 11.3. The number of carboxylic acid groups (broad SMARTS) is 1. The average molecular weight is 220 g/mol. The molecule has 7 heteroatoms. The van der Waals surface area contributed by atoms with Crippen LogP contribution in [-0.4, -0.2) is 16.1 Å². The maximum Gasteiger partial charge on any atom is 0.308 e. The number of aliphatic carboxylic acids is 1. The van der Waals surface area contributed by atoms with E-state index in [0.29, 0.717) is 0 Å². The van der Waals surface area contributed by atoms with Crippen LogP contribution in [0, 0.1) is 5.82 Å². The van der Waals surface area contributed by atoms with E-state index in [-0.39, 0.29) is 0 Å². The van der Waals surface area contributed by atoms with Crippen molar-refractivity contribution >= 4 is 11.7 Å². The second-order valence-electron chi connectivity index (χ2n) is 2.76. The first-order valence-electron chi connectivity index (χ1n) is 3.86. The van der Waals surface area contributed by atoms with Gasteiger partial charge in [-0.1, -0.05) is 0 Å². The van der Waals surface area contributed by atoms with Gasteiger partial charge in [0.15, 0.2) is 5.82 Å². The van der Waals surface area contributed by atoms with Crippen LogP contribution >= 0.6 is 0 Å². The topological polar surface area (TPSA) is 76.2 Å². The summed E-state index contributed by atoms with van der Waals surface area (Å²) in [6.45, 7) is 0. The number of nitrogens with zero attached hydrogens (tertiary/aromatic N) is 1. The van der Waals surface area contributed by atoms with Crippen LogP contribution in [0.15, 0.2) is 6.20 Å². The highest BCUT2D eigenvalue weighted by atomic mass is 19.3. The highest BCUT2D eigenvalue weighted by Crippen LogP contribution is 2.25. The Labute approximate surface area is 82.5 Å². The number of nitrogens with two attached hydrogens (primary N) is 1. The molecule has 0 amide bonds. The lowest BCUT2D eigenvalue weighted by atomic mass is 10.1. The van der Waals surface area contributed by atoms with Gasteiger partial charge in [0.25, 0.3) is 6.43 Å². The molecule has 0 spiro atoms. The van der Waals surface area contributed by atoms with E-state index in [4.69, 9.17) is 10.8 Å².